The highest BCUT2D eigenvalue weighted by atomic mass is 32.2. The van der Waals surface area contributed by atoms with Crippen LogP contribution in [0.25, 0.3) is 10.9 Å². The van der Waals surface area contributed by atoms with Gasteiger partial charge in [0.05, 0.1) is 36.2 Å². The number of nitrogens with zero attached hydrogens (tertiary/aromatic N) is 3. The number of amides is 1. The zero-order chi connectivity index (χ0) is 24.2. The largest absolute Gasteiger partial charge is 0.491 e. The standard InChI is InChI=1S/C24H27N5O4S2.CH4.2H2O/c1-32-6-7-33-17-8-15-9-20(24-26-12-18(34-24)11-22(31)29-13-16(30)14-29)27-23(15)19(10-17)28-35-21-4-2-3-5-25-21;;;/h2-5,8-10,16,18,27-28,30H,6-7,11-14H2,1H3;1H4;2*1H2. The summed E-state index contributed by atoms with van der Waals surface area (Å²) >= 11 is 3.05. The van der Waals surface area contributed by atoms with Crippen molar-refractivity contribution >= 4 is 51.3 Å². The number of benzene rings is 1. The number of carbonyl (C=O) groups is 1. The van der Waals surface area contributed by atoms with Crippen molar-refractivity contribution in [1.29, 1.82) is 0 Å². The van der Waals surface area contributed by atoms with E-state index in [0.29, 0.717) is 39.3 Å². The van der Waals surface area contributed by atoms with Crippen LogP contribution in [0.1, 0.15) is 19.5 Å². The zero-order valence-electron chi connectivity index (χ0n) is 20.3. The molecule has 1 amide bonds. The molecule has 1 atom stereocenters. The lowest BCUT2D eigenvalue weighted by Gasteiger charge is -2.36. The van der Waals surface area contributed by atoms with Gasteiger partial charge in [0, 0.05) is 61.5 Å². The maximum Gasteiger partial charge on any atom is 0.223 e. The van der Waals surface area contributed by atoms with Gasteiger partial charge in [-0.3, -0.25) is 9.79 Å². The Hall–Kier alpha value is -2.81. The Balaban J connectivity index is 0.00000169. The highest BCUT2D eigenvalue weighted by Gasteiger charge is 2.32. The first-order valence-corrected chi connectivity index (χ1v) is 13.1. The number of β-amino-alcohol motifs (C(OH)–C–C–N with tert-alkyl or cyclic N) is 1. The van der Waals surface area contributed by atoms with E-state index in [2.05, 4.69) is 20.8 Å². The fourth-order valence-electron chi connectivity index (χ4n) is 3.91. The van der Waals surface area contributed by atoms with E-state index in [-0.39, 0.29) is 35.6 Å². The van der Waals surface area contributed by atoms with Crippen LogP contribution in [0.3, 0.4) is 0 Å². The minimum absolute atomic E-state index is 0. The van der Waals surface area contributed by atoms with Crippen molar-refractivity contribution in [3.63, 3.8) is 0 Å². The fourth-order valence-corrected chi connectivity index (χ4v) is 5.62. The maximum absolute atomic E-state index is 12.4. The summed E-state index contributed by atoms with van der Waals surface area (Å²) in [5.41, 5.74) is 2.74. The number of carbonyl (C=O) groups excluding carboxylic acids is 1. The Morgan fingerprint density at radius 1 is 1.26 bits per heavy atom. The summed E-state index contributed by atoms with van der Waals surface area (Å²) in [5.74, 6) is 0.822. The van der Waals surface area contributed by atoms with Crippen molar-refractivity contribution < 1.29 is 30.3 Å². The van der Waals surface area contributed by atoms with Gasteiger partial charge in [-0.05, 0) is 24.3 Å². The number of anilines is 1. The van der Waals surface area contributed by atoms with Crippen LogP contribution in [0.2, 0.25) is 0 Å². The highest BCUT2D eigenvalue weighted by molar-refractivity contribution is 8.15. The van der Waals surface area contributed by atoms with Gasteiger partial charge in [-0.25, -0.2) is 4.98 Å². The van der Waals surface area contributed by atoms with Gasteiger partial charge >= 0.3 is 0 Å². The van der Waals surface area contributed by atoms with Crippen LogP contribution >= 0.6 is 23.7 Å². The average molecular weight is 566 g/mol. The minimum atomic E-state index is -0.379. The quantitative estimate of drug-likeness (QED) is 0.247. The van der Waals surface area contributed by atoms with Crippen LogP contribution < -0.4 is 9.46 Å². The number of thioether (sulfide) groups is 1. The van der Waals surface area contributed by atoms with Crippen LogP contribution in [0.15, 0.2) is 52.6 Å². The lowest BCUT2D eigenvalue weighted by molar-refractivity contribution is -0.141. The molecule has 1 aromatic carbocycles. The van der Waals surface area contributed by atoms with E-state index >= 15 is 0 Å². The number of ether oxygens (including phenoxy) is 2. The molecule has 4 heterocycles. The molecule has 208 valence electrons. The number of fused-ring (bicyclic) bond motifs is 1. The second-order valence-corrected chi connectivity index (χ2v) is 10.5. The van der Waals surface area contributed by atoms with Crippen molar-refractivity contribution in [2.24, 2.45) is 4.99 Å². The summed E-state index contributed by atoms with van der Waals surface area (Å²) in [7, 11) is 1.65. The third-order valence-corrected chi connectivity index (χ3v) is 7.72. The van der Waals surface area contributed by atoms with E-state index in [0.717, 1.165) is 38.1 Å². The lowest BCUT2D eigenvalue weighted by atomic mass is 10.1. The predicted molar refractivity (Wildman–Crippen MR) is 153 cm³/mol. The van der Waals surface area contributed by atoms with Crippen molar-refractivity contribution in [2.75, 3.05) is 44.7 Å². The molecule has 2 aliphatic heterocycles. The molecule has 1 fully saturated rings. The van der Waals surface area contributed by atoms with Gasteiger partial charge in [0.15, 0.2) is 0 Å². The third kappa shape index (κ3) is 7.40. The topological polar surface area (TPSA) is 175 Å². The molecule has 11 nitrogen and oxygen atoms in total. The molecule has 0 bridgehead atoms. The number of hydrogen-bond acceptors (Lipinski definition) is 9. The summed E-state index contributed by atoms with van der Waals surface area (Å²) < 4.78 is 14.4. The number of aliphatic hydroxyl groups is 1. The Labute approximate surface area is 230 Å². The monoisotopic (exact) mass is 565 g/mol. The first-order valence-electron chi connectivity index (χ1n) is 11.4. The summed E-state index contributed by atoms with van der Waals surface area (Å²) in [4.78, 5) is 26.7. The first-order chi connectivity index (χ1) is 17.1. The number of nitrogens with one attached hydrogen (secondary N) is 2. The van der Waals surface area contributed by atoms with E-state index in [1.165, 1.54) is 11.9 Å². The van der Waals surface area contributed by atoms with Gasteiger partial charge in [-0.15, -0.1) is 0 Å². The Morgan fingerprint density at radius 2 is 2.08 bits per heavy atom. The van der Waals surface area contributed by atoms with Gasteiger partial charge in [0.2, 0.25) is 5.91 Å². The molecular formula is C25H35N5O6S2. The molecule has 38 heavy (non-hydrogen) atoms. The van der Waals surface area contributed by atoms with Crippen molar-refractivity contribution in [1.82, 2.24) is 14.9 Å². The number of aromatic amines is 1. The van der Waals surface area contributed by atoms with Crippen molar-refractivity contribution in [3.8, 4) is 5.75 Å². The Kier molecular flexibility index (Phi) is 11.9. The van der Waals surface area contributed by atoms with E-state index < -0.39 is 0 Å². The van der Waals surface area contributed by atoms with Crippen LogP contribution in [0.4, 0.5) is 5.69 Å². The second kappa shape index (κ2) is 14.4. The average Bonchev–Trinajstić information content (AvgIpc) is 3.48. The molecule has 0 aliphatic carbocycles. The molecule has 2 aliphatic rings. The number of methoxy groups -OCH3 is 1. The van der Waals surface area contributed by atoms with E-state index in [9.17, 15) is 9.90 Å². The van der Waals surface area contributed by atoms with Crippen molar-refractivity contribution in [3.05, 3.63) is 48.3 Å². The SMILES string of the molecule is C.COCCOc1cc(NSc2ccccn2)c2[nH]c(C3=NCC(CC(=O)N4CC(O)C4)S3)cc2c1.O.O. The number of aliphatic imine (C=N–C) groups is 1. The number of H-pyrrole nitrogens is 1. The van der Waals surface area contributed by atoms with E-state index in [1.54, 1.807) is 30.0 Å². The number of aliphatic hydroxyl groups excluding tert-OH is 1. The summed E-state index contributed by atoms with van der Waals surface area (Å²) in [6.45, 7) is 2.44. The Morgan fingerprint density at radius 3 is 2.79 bits per heavy atom. The van der Waals surface area contributed by atoms with Gasteiger partial charge in [0.25, 0.3) is 0 Å². The first kappa shape index (κ1) is 31.4. The summed E-state index contributed by atoms with van der Waals surface area (Å²) in [6.07, 6.45) is 1.81. The lowest BCUT2D eigenvalue weighted by Crippen LogP contribution is -2.53. The second-order valence-electron chi connectivity index (χ2n) is 8.37. The number of likely N-dealkylation sites (tertiary alicyclic amines) is 1. The van der Waals surface area contributed by atoms with E-state index in [1.807, 2.05) is 30.3 Å². The molecule has 1 saturated heterocycles. The van der Waals surface area contributed by atoms with Gasteiger partial charge in [-0.1, -0.05) is 25.3 Å². The van der Waals surface area contributed by atoms with Crippen LogP contribution in [0, 0.1) is 0 Å². The summed E-state index contributed by atoms with van der Waals surface area (Å²) in [6, 6.07) is 11.8. The number of hydrogen-bond donors (Lipinski definition) is 3. The maximum atomic E-state index is 12.4. The van der Waals surface area contributed by atoms with E-state index in [4.69, 9.17) is 14.5 Å². The Bertz CT molecular complexity index is 1220. The van der Waals surface area contributed by atoms with Gasteiger partial charge in [-0.2, -0.15) is 0 Å². The third-order valence-electron chi connectivity index (χ3n) is 5.73. The molecule has 3 aromatic rings. The minimum Gasteiger partial charge on any atom is -0.491 e. The molecule has 7 N–H and O–H groups in total. The number of aromatic nitrogens is 2. The van der Waals surface area contributed by atoms with Crippen molar-refractivity contribution in [2.45, 2.75) is 30.2 Å². The van der Waals surface area contributed by atoms with Crippen LogP contribution in [-0.4, -0.2) is 93.2 Å². The van der Waals surface area contributed by atoms with Crippen LogP contribution in [0.5, 0.6) is 5.75 Å². The summed E-state index contributed by atoms with van der Waals surface area (Å²) in [5, 5.41) is 12.3. The van der Waals surface area contributed by atoms with Gasteiger partial charge < -0.3 is 40.1 Å². The number of pyridine rings is 1. The molecular weight excluding hydrogens is 530 g/mol. The molecule has 13 heteroatoms. The van der Waals surface area contributed by atoms with Crippen LogP contribution in [-0.2, 0) is 9.53 Å². The molecule has 0 spiro atoms. The predicted octanol–water partition coefficient (Wildman–Crippen LogP) is 2.15. The molecule has 1 unspecified atom stereocenters. The molecule has 0 saturated carbocycles. The molecule has 5 rings (SSSR count). The fraction of sp³-hybridized carbons (Fsp3) is 0.400. The number of rotatable bonds is 10. The normalized spacial score (nSPS) is 16.5. The highest BCUT2D eigenvalue weighted by Crippen LogP contribution is 2.35. The molecule has 2 aromatic heterocycles. The molecule has 0 radical (unpaired) electrons. The van der Waals surface area contributed by atoms with Gasteiger partial charge in [0.1, 0.15) is 22.4 Å². The smallest absolute Gasteiger partial charge is 0.223 e. The zero-order valence-corrected chi connectivity index (χ0v) is 21.9.